The highest BCUT2D eigenvalue weighted by molar-refractivity contribution is 9.10. The minimum atomic E-state index is -0.313. The fourth-order valence-corrected chi connectivity index (χ4v) is 3.38. The van der Waals surface area contributed by atoms with Crippen LogP contribution in [0.5, 0.6) is 5.75 Å². The largest absolute Gasteiger partial charge is 0.482 e. The summed E-state index contributed by atoms with van der Waals surface area (Å²) >= 11 is 3.38. The molecule has 1 aliphatic heterocycles. The van der Waals surface area contributed by atoms with E-state index in [1.165, 1.54) is 4.90 Å². The molecule has 1 N–H and O–H groups in total. The van der Waals surface area contributed by atoms with Gasteiger partial charge in [0.05, 0.1) is 5.69 Å². The first-order valence-electron chi connectivity index (χ1n) is 9.68. The Balaban J connectivity index is 1.44. The molecule has 31 heavy (non-hydrogen) atoms. The molecule has 1 aliphatic rings. The van der Waals surface area contributed by atoms with Crippen molar-refractivity contribution in [3.8, 4) is 17.1 Å². The zero-order valence-corrected chi connectivity index (χ0v) is 18.9. The predicted octanol–water partition coefficient (Wildman–Crippen LogP) is 4.16. The van der Waals surface area contributed by atoms with Crippen LogP contribution in [0.15, 0.2) is 51.5 Å². The van der Waals surface area contributed by atoms with Crippen LogP contribution in [0.4, 0.5) is 11.4 Å². The molecule has 2 aromatic carbocycles. The number of rotatable bonds is 4. The number of carbonyl (C=O) groups is 2. The van der Waals surface area contributed by atoms with Crippen LogP contribution in [0.3, 0.4) is 0 Å². The van der Waals surface area contributed by atoms with Gasteiger partial charge in [0, 0.05) is 21.1 Å². The number of ether oxygens (including phenoxy) is 1. The lowest BCUT2D eigenvalue weighted by molar-refractivity contribution is -0.123. The third kappa shape index (κ3) is 4.61. The van der Waals surface area contributed by atoms with E-state index in [2.05, 4.69) is 31.4 Å². The van der Waals surface area contributed by atoms with E-state index in [9.17, 15) is 9.59 Å². The first kappa shape index (κ1) is 21.0. The average Bonchev–Trinajstić information content (AvgIpc) is 3.21. The quantitative estimate of drug-likeness (QED) is 0.596. The minimum absolute atomic E-state index is 0.104. The van der Waals surface area contributed by atoms with Crippen LogP contribution >= 0.6 is 15.9 Å². The van der Waals surface area contributed by atoms with Crippen molar-refractivity contribution in [2.45, 2.75) is 26.2 Å². The first-order valence-corrected chi connectivity index (χ1v) is 10.5. The minimum Gasteiger partial charge on any atom is -0.482 e. The third-order valence-electron chi connectivity index (χ3n) is 4.66. The number of hydrogen-bond donors (Lipinski definition) is 1. The van der Waals surface area contributed by atoms with Gasteiger partial charge < -0.3 is 14.6 Å². The molecule has 160 valence electrons. The number of aromatic nitrogens is 2. The second kappa shape index (κ2) is 8.14. The van der Waals surface area contributed by atoms with E-state index in [0.717, 1.165) is 10.0 Å². The Morgan fingerprint density at radius 2 is 1.94 bits per heavy atom. The second-order valence-electron chi connectivity index (χ2n) is 8.18. The summed E-state index contributed by atoms with van der Waals surface area (Å²) in [6.07, 6.45) is 0. The van der Waals surface area contributed by atoms with Gasteiger partial charge in [-0.05, 0) is 42.5 Å². The van der Waals surface area contributed by atoms with Crippen LogP contribution in [0.25, 0.3) is 11.4 Å². The molecule has 0 spiro atoms. The fraction of sp³-hybridized carbons (Fsp3) is 0.273. The maximum Gasteiger partial charge on any atom is 0.265 e. The number of nitrogens with one attached hydrogen (secondary N) is 1. The molecule has 0 fully saturated rings. The van der Waals surface area contributed by atoms with Gasteiger partial charge in [-0.2, -0.15) is 4.98 Å². The van der Waals surface area contributed by atoms with E-state index < -0.39 is 0 Å². The molecule has 0 aliphatic carbocycles. The lowest BCUT2D eigenvalue weighted by Gasteiger charge is -2.29. The van der Waals surface area contributed by atoms with Gasteiger partial charge in [-0.1, -0.05) is 41.9 Å². The molecule has 2 amide bonds. The van der Waals surface area contributed by atoms with Crippen LogP contribution in [0.1, 0.15) is 26.7 Å². The van der Waals surface area contributed by atoms with E-state index in [1.807, 2.05) is 20.8 Å². The Bertz CT molecular complexity index is 1140. The van der Waals surface area contributed by atoms with Gasteiger partial charge in [-0.15, -0.1) is 0 Å². The van der Waals surface area contributed by atoms with Crippen molar-refractivity contribution >= 4 is 39.1 Å². The molecule has 3 aromatic rings. The topological polar surface area (TPSA) is 97.6 Å². The van der Waals surface area contributed by atoms with Crippen LogP contribution in [0, 0.1) is 0 Å². The van der Waals surface area contributed by atoms with Crippen LogP contribution < -0.4 is 15.0 Å². The molecular weight excluding hydrogens is 464 g/mol. The fourth-order valence-electron chi connectivity index (χ4n) is 3.04. The first-order chi connectivity index (χ1) is 14.7. The number of carbonyl (C=O) groups excluding carboxylic acids is 2. The highest BCUT2D eigenvalue weighted by atomic mass is 79.9. The zero-order chi connectivity index (χ0) is 22.2. The summed E-state index contributed by atoms with van der Waals surface area (Å²) in [5.41, 5.74) is 1.71. The van der Waals surface area contributed by atoms with Gasteiger partial charge in [-0.3, -0.25) is 14.5 Å². The lowest BCUT2D eigenvalue weighted by atomic mass is 9.97. The maximum absolute atomic E-state index is 12.6. The number of anilines is 2. The Kier molecular flexibility index (Phi) is 5.53. The lowest BCUT2D eigenvalue weighted by Crippen LogP contribution is -2.43. The Morgan fingerprint density at radius 1 is 1.19 bits per heavy atom. The van der Waals surface area contributed by atoms with Crippen molar-refractivity contribution in [3.05, 3.63) is 52.8 Å². The molecule has 9 heteroatoms. The molecule has 0 radical (unpaired) electrons. The van der Waals surface area contributed by atoms with Crippen molar-refractivity contribution in [2.75, 3.05) is 23.4 Å². The van der Waals surface area contributed by atoms with Gasteiger partial charge in [0.2, 0.25) is 17.6 Å². The SMILES string of the molecule is CC(C)(C)c1nc(-c2ccc(NC(=O)CN3C(=O)COc4cc(Br)ccc43)cc2)no1. The standard InChI is InChI=1S/C22H21BrN4O4/c1-22(2,3)21-25-20(26-31-21)13-4-7-15(8-5-13)24-18(28)11-27-16-9-6-14(23)10-17(16)30-12-19(27)29/h4-10H,11-12H2,1-3H3,(H,24,28). The molecule has 8 nitrogen and oxygen atoms in total. The Labute approximate surface area is 187 Å². The molecule has 0 saturated heterocycles. The van der Waals surface area contributed by atoms with E-state index in [4.69, 9.17) is 9.26 Å². The number of halogens is 1. The molecular formula is C22H21BrN4O4. The van der Waals surface area contributed by atoms with Crippen molar-refractivity contribution in [1.82, 2.24) is 10.1 Å². The monoisotopic (exact) mass is 484 g/mol. The molecule has 1 aromatic heterocycles. The molecule has 4 rings (SSSR count). The molecule has 2 heterocycles. The zero-order valence-electron chi connectivity index (χ0n) is 17.3. The predicted molar refractivity (Wildman–Crippen MR) is 119 cm³/mol. The van der Waals surface area contributed by atoms with Gasteiger partial charge in [0.25, 0.3) is 5.91 Å². The van der Waals surface area contributed by atoms with E-state index in [1.54, 1.807) is 42.5 Å². The number of nitrogens with zero attached hydrogens (tertiary/aromatic N) is 3. The van der Waals surface area contributed by atoms with Gasteiger partial charge in [-0.25, -0.2) is 0 Å². The number of amides is 2. The second-order valence-corrected chi connectivity index (χ2v) is 9.09. The van der Waals surface area contributed by atoms with Crippen molar-refractivity contribution in [1.29, 1.82) is 0 Å². The van der Waals surface area contributed by atoms with E-state index >= 15 is 0 Å². The van der Waals surface area contributed by atoms with Gasteiger partial charge >= 0.3 is 0 Å². The van der Waals surface area contributed by atoms with Crippen molar-refractivity contribution < 1.29 is 18.8 Å². The van der Waals surface area contributed by atoms with Crippen LogP contribution in [0.2, 0.25) is 0 Å². The number of fused-ring (bicyclic) bond motifs is 1. The van der Waals surface area contributed by atoms with E-state index in [0.29, 0.717) is 28.8 Å². The summed E-state index contributed by atoms with van der Waals surface area (Å²) in [5.74, 6) is 1.02. The Morgan fingerprint density at radius 3 is 2.61 bits per heavy atom. The van der Waals surface area contributed by atoms with Crippen LogP contribution in [-0.2, 0) is 15.0 Å². The van der Waals surface area contributed by atoms with Crippen molar-refractivity contribution in [3.63, 3.8) is 0 Å². The summed E-state index contributed by atoms with van der Waals surface area (Å²) < 4.78 is 11.6. The Hall–Kier alpha value is -3.20. The van der Waals surface area contributed by atoms with Crippen LogP contribution in [-0.4, -0.2) is 35.1 Å². The summed E-state index contributed by atoms with van der Waals surface area (Å²) in [6.45, 7) is 5.78. The summed E-state index contributed by atoms with van der Waals surface area (Å²) in [6, 6.07) is 12.4. The molecule has 0 saturated carbocycles. The van der Waals surface area contributed by atoms with Gasteiger partial charge in [0.15, 0.2) is 6.61 Å². The van der Waals surface area contributed by atoms with Crippen molar-refractivity contribution in [2.24, 2.45) is 0 Å². The highest BCUT2D eigenvalue weighted by Gasteiger charge is 2.27. The molecule has 0 unspecified atom stereocenters. The normalized spacial score (nSPS) is 13.5. The smallest absolute Gasteiger partial charge is 0.265 e. The molecule has 0 atom stereocenters. The highest BCUT2D eigenvalue weighted by Crippen LogP contribution is 2.34. The van der Waals surface area contributed by atoms with Gasteiger partial charge in [0.1, 0.15) is 12.3 Å². The summed E-state index contributed by atoms with van der Waals surface area (Å²) in [5, 5.41) is 6.84. The third-order valence-corrected chi connectivity index (χ3v) is 5.15. The van der Waals surface area contributed by atoms with E-state index in [-0.39, 0.29) is 30.4 Å². The summed E-state index contributed by atoms with van der Waals surface area (Å²) in [4.78, 5) is 30.7. The average molecular weight is 485 g/mol. The molecule has 0 bridgehead atoms. The summed E-state index contributed by atoms with van der Waals surface area (Å²) in [7, 11) is 0. The maximum atomic E-state index is 12.6. The number of hydrogen-bond acceptors (Lipinski definition) is 6. The number of benzene rings is 2.